The van der Waals surface area contributed by atoms with Crippen LogP contribution in [0.5, 0.6) is 17.5 Å². The third-order valence-electron chi connectivity index (χ3n) is 2.35. The van der Waals surface area contributed by atoms with Gasteiger partial charge in [-0.25, -0.2) is 0 Å². The molecule has 106 valence electrons. The Morgan fingerprint density at radius 1 is 1.30 bits per heavy atom. The fourth-order valence-corrected chi connectivity index (χ4v) is 1.92. The maximum atomic E-state index is 6.06. The second kappa shape index (κ2) is 6.76. The highest BCUT2D eigenvalue weighted by atomic mass is 79.9. The van der Waals surface area contributed by atoms with Crippen LogP contribution in [0.3, 0.4) is 0 Å². The fourth-order valence-electron chi connectivity index (χ4n) is 1.42. The number of benzene rings is 1. The first kappa shape index (κ1) is 14.9. The molecule has 0 radical (unpaired) electrons. The van der Waals surface area contributed by atoms with Crippen molar-refractivity contribution in [1.82, 2.24) is 9.97 Å². The van der Waals surface area contributed by atoms with E-state index >= 15 is 0 Å². The lowest BCUT2D eigenvalue weighted by Crippen LogP contribution is -2.04. The van der Waals surface area contributed by atoms with Crippen LogP contribution in [0.4, 0.5) is 5.69 Å². The number of hydrogen-bond acceptors (Lipinski definition) is 5. The molecule has 1 aromatic heterocycles. The summed E-state index contributed by atoms with van der Waals surface area (Å²) in [7, 11) is 0. The average Bonchev–Trinajstić information content (AvgIpc) is 2.44. The molecule has 2 N–H and O–H groups in total. The first-order valence-electron chi connectivity index (χ1n) is 5.98. The SMILES string of the molecule is CCCOc1ncnc(Oc2cc(Br)ccc2Cl)c1N. The smallest absolute Gasteiger partial charge is 0.249 e. The molecule has 2 aromatic rings. The van der Waals surface area contributed by atoms with E-state index < -0.39 is 0 Å². The van der Waals surface area contributed by atoms with Crippen LogP contribution in [0.2, 0.25) is 5.02 Å². The van der Waals surface area contributed by atoms with Crippen molar-refractivity contribution in [2.45, 2.75) is 13.3 Å². The molecule has 1 heterocycles. The summed E-state index contributed by atoms with van der Waals surface area (Å²) in [6, 6.07) is 5.26. The van der Waals surface area contributed by atoms with E-state index in [2.05, 4.69) is 25.9 Å². The Morgan fingerprint density at radius 3 is 2.80 bits per heavy atom. The lowest BCUT2D eigenvalue weighted by Gasteiger charge is -2.11. The lowest BCUT2D eigenvalue weighted by atomic mass is 10.3. The van der Waals surface area contributed by atoms with E-state index in [9.17, 15) is 0 Å². The van der Waals surface area contributed by atoms with Crippen molar-refractivity contribution in [1.29, 1.82) is 0 Å². The Kier molecular flexibility index (Phi) is 5.03. The summed E-state index contributed by atoms with van der Waals surface area (Å²) in [5, 5.41) is 0.460. The normalized spacial score (nSPS) is 10.3. The molecule has 0 saturated heterocycles. The molecule has 0 aliphatic heterocycles. The van der Waals surface area contributed by atoms with Crippen molar-refractivity contribution in [3.8, 4) is 17.5 Å². The van der Waals surface area contributed by atoms with E-state index in [0.29, 0.717) is 23.3 Å². The maximum absolute atomic E-state index is 6.06. The van der Waals surface area contributed by atoms with E-state index in [1.54, 1.807) is 12.1 Å². The van der Waals surface area contributed by atoms with Gasteiger partial charge >= 0.3 is 0 Å². The predicted octanol–water partition coefficient (Wildman–Crippen LogP) is 4.06. The van der Waals surface area contributed by atoms with Gasteiger partial charge in [-0.2, -0.15) is 9.97 Å². The Balaban J connectivity index is 2.27. The number of nitrogen functional groups attached to an aromatic ring is 1. The quantitative estimate of drug-likeness (QED) is 0.873. The van der Waals surface area contributed by atoms with Crippen molar-refractivity contribution in [3.05, 3.63) is 34.0 Å². The van der Waals surface area contributed by atoms with Gasteiger partial charge in [-0.05, 0) is 24.6 Å². The minimum absolute atomic E-state index is 0.214. The molecule has 5 nitrogen and oxygen atoms in total. The largest absolute Gasteiger partial charge is 0.476 e. The Labute approximate surface area is 130 Å². The number of rotatable bonds is 5. The van der Waals surface area contributed by atoms with Gasteiger partial charge in [-0.3, -0.25) is 0 Å². The monoisotopic (exact) mass is 357 g/mol. The summed E-state index contributed by atoms with van der Waals surface area (Å²) < 4.78 is 11.9. The van der Waals surface area contributed by atoms with Gasteiger partial charge in [0.25, 0.3) is 0 Å². The molecule has 7 heteroatoms. The number of halogens is 2. The topological polar surface area (TPSA) is 70.3 Å². The molecule has 0 spiro atoms. The minimum Gasteiger partial charge on any atom is -0.476 e. The van der Waals surface area contributed by atoms with Crippen molar-refractivity contribution in [2.75, 3.05) is 12.3 Å². The highest BCUT2D eigenvalue weighted by Crippen LogP contribution is 2.35. The van der Waals surface area contributed by atoms with Gasteiger partial charge in [-0.15, -0.1) is 0 Å². The van der Waals surface area contributed by atoms with Crippen LogP contribution >= 0.6 is 27.5 Å². The lowest BCUT2D eigenvalue weighted by molar-refractivity contribution is 0.304. The first-order valence-corrected chi connectivity index (χ1v) is 7.15. The molecule has 0 aliphatic carbocycles. The summed E-state index contributed by atoms with van der Waals surface area (Å²) in [6.45, 7) is 2.52. The molecule has 0 saturated carbocycles. The fraction of sp³-hybridized carbons (Fsp3) is 0.231. The zero-order valence-corrected chi connectivity index (χ0v) is 13.1. The Hall–Kier alpha value is -1.53. The molecule has 0 amide bonds. The van der Waals surface area contributed by atoms with Crippen LogP contribution in [0.1, 0.15) is 13.3 Å². The molecule has 0 bridgehead atoms. The van der Waals surface area contributed by atoms with Crippen molar-refractivity contribution in [3.63, 3.8) is 0 Å². The van der Waals surface area contributed by atoms with Crippen LogP contribution in [-0.2, 0) is 0 Å². The molecular formula is C13H13BrClN3O2. The zero-order chi connectivity index (χ0) is 14.5. The molecule has 0 atom stereocenters. The minimum atomic E-state index is 0.214. The highest BCUT2D eigenvalue weighted by Gasteiger charge is 2.13. The molecule has 20 heavy (non-hydrogen) atoms. The van der Waals surface area contributed by atoms with Gasteiger partial charge < -0.3 is 15.2 Å². The molecule has 1 aromatic carbocycles. The number of anilines is 1. The van der Waals surface area contributed by atoms with Gasteiger partial charge in [0.2, 0.25) is 11.8 Å². The molecule has 0 fully saturated rings. The highest BCUT2D eigenvalue weighted by molar-refractivity contribution is 9.10. The second-order valence-electron chi connectivity index (χ2n) is 3.92. The summed E-state index contributed by atoms with van der Waals surface area (Å²) in [6.07, 6.45) is 2.19. The van der Waals surface area contributed by atoms with Crippen LogP contribution in [0.15, 0.2) is 29.0 Å². The van der Waals surface area contributed by atoms with Crippen LogP contribution in [0, 0.1) is 0 Å². The summed E-state index contributed by atoms with van der Waals surface area (Å²) in [4.78, 5) is 7.98. The van der Waals surface area contributed by atoms with Gasteiger partial charge in [0, 0.05) is 4.47 Å². The van der Waals surface area contributed by atoms with E-state index in [0.717, 1.165) is 10.9 Å². The van der Waals surface area contributed by atoms with Crippen molar-refractivity contribution in [2.24, 2.45) is 0 Å². The third kappa shape index (κ3) is 3.52. The third-order valence-corrected chi connectivity index (χ3v) is 3.16. The summed E-state index contributed by atoms with van der Waals surface area (Å²) >= 11 is 9.41. The maximum Gasteiger partial charge on any atom is 0.249 e. The van der Waals surface area contributed by atoms with Crippen molar-refractivity contribution < 1.29 is 9.47 Å². The van der Waals surface area contributed by atoms with E-state index in [4.69, 9.17) is 26.8 Å². The number of nitrogens with two attached hydrogens (primary N) is 1. The molecular weight excluding hydrogens is 346 g/mol. The first-order chi connectivity index (χ1) is 9.61. The second-order valence-corrected chi connectivity index (χ2v) is 5.25. The average molecular weight is 359 g/mol. The summed E-state index contributed by atoms with van der Waals surface area (Å²) in [5.74, 6) is 0.974. The van der Waals surface area contributed by atoms with E-state index in [-0.39, 0.29) is 11.6 Å². The van der Waals surface area contributed by atoms with E-state index in [1.807, 2.05) is 13.0 Å². The summed E-state index contributed by atoms with van der Waals surface area (Å²) in [5.41, 5.74) is 6.18. The molecule has 2 rings (SSSR count). The van der Waals surface area contributed by atoms with Gasteiger partial charge in [0.15, 0.2) is 5.69 Å². The number of nitrogens with zero attached hydrogens (tertiary/aromatic N) is 2. The zero-order valence-electron chi connectivity index (χ0n) is 10.8. The molecule has 0 unspecified atom stereocenters. The van der Waals surface area contributed by atoms with Crippen molar-refractivity contribution >= 4 is 33.2 Å². The van der Waals surface area contributed by atoms with Gasteiger partial charge in [0.1, 0.15) is 12.1 Å². The molecule has 0 aliphatic rings. The van der Waals surface area contributed by atoms with Gasteiger partial charge in [-0.1, -0.05) is 34.5 Å². The van der Waals surface area contributed by atoms with Crippen LogP contribution < -0.4 is 15.2 Å². The van der Waals surface area contributed by atoms with Crippen LogP contribution in [0.25, 0.3) is 0 Å². The predicted molar refractivity (Wildman–Crippen MR) is 81.5 cm³/mol. The Morgan fingerprint density at radius 2 is 2.05 bits per heavy atom. The number of ether oxygens (including phenoxy) is 2. The standard InChI is InChI=1S/C13H13BrClN3O2/c1-2-5-19-12-11(16)13(18-7-17-12)20-10-6-8(14)3-4-9(10)15/h3-4,6-7H,2,5,16H2,1H3. The van der Waals surface area contributed by atoms with Gasteiger partial charge in [0.05, 0.1) is 11.6 Å². The number of hydrogen-bond donors (Lipinski definition) is 1. The number of aromatic nitrogens is 2. The van der Waals surface area contributed by atoms with Crippen LogP contribution in [-0.4, -0.2) is 16.6 Å². The van der Waals surface area contributed by atoms with E-state index in [1.165, 1.54) is 6.33 Å². The Bertz CT molecular complexity index is 610.